The van der Waals surface area contributed by atoms with Crippen molar-refractivity contribution < 1.29 is 13.2 Å². The molecule has 0 unspecified atom stereocenters. The van der Waals surface area contributed by atoms with Gasteiger partial charge < -0.3 is 5.32 Å². The van der Waals surface area contributed by atoms with Gasteiger partial charge in [0.15, 0.2) is 0 Å². The summed E-state index contributed by atoms with van der Waals surface area (Å²) in [5, 5.41) is 11.4. The lowest BCUT2D eigenvalue weighted by Crippen LogP contribution is -2.37. The molecule has 0 atom stereocenters. The lowest BCUT2D eigenvalue weighted by Gasteiger charge is -2.22. The van der Waals surface area contributed by atoms with Crippen LogP contribution in [0.2, 0.25) is 0 Å². The first-order chi connectivity index (χ1) is 11.7. The Morgan fingerprint density at radius 3 is 2.16 bits per heavy atom. The summed E-state index contributed by atoms with van der Waals surface area (Å²) in [5.74, 6) is -0.464. The van der Waals surface area contributed by atoms with Crippen LogP contribution in [0.15, 0.2) is 42.5 Å². The maximum Gasteiger partial charge on any atom is 0.245 e. The molecule has 6 nitrogen and oxygen atoms in total. The van der Waals surface area contributed by atoms with Crippen molar-refractivity contribution in [2.75, 3.05) is 22.4 Å². The monoisotopic (exact) mass is 357 g/mol. The summed E-state index contributed by atoms with van der Waals surface area (Å²) in [7, 11) is -3.62. The number of nitrogens with one attached hydrogen (secondary N) is 1. The van der Waals surface area contributed by atoms with Crippen molar-refractivity contribution in [1.82, 2.24) is 0 Å². The summed E-state index contributed by atoms with van der Waals surface area (Å²) in [6.45, 7) is 3.41. The SMILES string of the molecule is Cc1cc(C)cc(N(CC(=O)Nc2ccc(C#N)cc2)S(C)(=O)=O)c1. The number of amides is 1. The van der Waals surface area contributed by atoms with Crippen molar-refractivity contribution in [1.29, 1.82) is 5.26 Å². The van der Waals surface area contributed by atoms with E-state index < -0.39 is 15.9 Å². The number of nitriles is 1. The van der Waals surface area contributed by atoms with Gasteiger partial charge in [-0.1, -0.05) is 6.07 Å². The average Bonchev–Trinajstić information content (AvgIpc) is 2.51. The van der Waals surface area contributed by atoms with Gasteiger partial charge in [0.25, 0.3) is 0 Å². The quantitative estimate of drug-likeness (QED) is 0.890. The summed E-state index contributed by atoms with van der Waals surface area (Å²) < 4.78 is 25.3. The standard InChI is InChI=1S/C18H19N3O3S/c1-13-8-14(2)10-17(9-13)21(25(3,23)24)12-18(22)20-16-6-4-15(11-19)5-7-16/h4-10H,12H2,1-3H3,(H,20,22). The Labute approximate surface area is 147 Å². The number of hydrogen-bond donors (Lipinski definition) is 1. The molecular formula is C18H19N3O3S. The molecule has 0 aromatic heterocycles. The fourth-order valence-electron chi connectivity index (χ4n) is 2.45. The fraction of sp³-hybridized carbons (Fsp3) is 0.222. The number of benzene rings is 2. The Hall–Kier alpha value is -2.85. The highest BCUT2D eigenvalue weighted by Gasteiger charge is 2.21. The average molecular weight is 357 g/mol. The lowest BCUT2D eigenvalue weighted by atomic mass is 10.1. The second-order valence-corrected chi connectivity index (χ2v) is 7.76. The molecule has 0 aliphatic rings. The highest BCUT2D eigenvalue weighted by molar-refractivity contribution is 7.92. The van der Waals surface area contributed by atoms with Gasteiger partial charge in [0.05, 0.1) is 23.6 Å². The minimum atomic E-state index is -3.62. The molecule has 0 radical (unpaired) electrons. The van der Waals surface area contributed by atoms with Gasteiger partial charge in [-0.15, -0.1) is 0 Å². The van der Waals surface area contributed by atoms with Crippen LogP contribution in [0.1, 0.15) is 16.7 Å². The molecule has 0 heterocycles. The van der Waals surface area contributed by atoms with E-state index in [-0.39, 0.29) is 6.54 Å². The molecule has 0 aliphatic heterocycles. The van der Waals surface area contributed by atoms with E-state index in [1.165, 1.54) is 0 Å². The molecule has 2 aromatic rings. The first-order valence-corrected chi connectivity index (χ1v) is 9.40. The third kappa shape index (κ3) is 5.06. The van der Waals surface area contributed by atoms with Crippen LogP contribution >= 0.6 is 0 Å². The Kier molecular flexibility index (Phi) is 5.45. The number of rotatable bonds is 5. The minimum absolute atomic E-state index is 0.332. The van der Waals surface area contributed by atoms with Crippen LogP contribution in [0.5, 0.6) is 0 Å². The van der Waals surface area contributed by atoms with E-state index in [0.717, 1.165) is 21.7 Å². The molecule has 0 spiro atoms. The van der Waals surface area contributed by atoms with E-state index in [2.05, 4.69) is 5.32 Å². The highest BCUT2D eigenvalue weighted by Crippen LogP contribution is 2.21. The number of hydrogen-bond acceptors (Lipinski definition) is 4. The first-order valence-electron chi connectivity index (χ1n) is 7.55. The van der Waals surface area contributed by atoms with Crippen molar-refractivity contribution in [2.24, 2.45) is 0 Å². The molecule has 0 fully saturated rings. The van der Waals surface area contributed by atoms with Crippen LogP contribution in [0.4, 0.5) is 11.4 Å². The van der Waals surface area contributed by atoms with Gasteiger partial charge in [-0.05, 0) is 61.4 Å². The van der Waals surface area contributed by atoms with Gasteiger partial charge in [-0.2, -0.15) is 5.26 Å². The molecule has 130 valence electrons. The number of aryl methyl sites for hydroxylation is 2. The summed E-state index contributed by atoms with van der Waals surface area (Å²) in [6, 6.07) is 13.7. The van der Waals surface area contributed by atoms with Crippen molar-refractivity contribution in [2.45, 2.75) is 13.8 Å². The van der Waals surface area contributed by atoms with Gasteiger partial charge in [0.2, 0.25) is 15.9 Å². The second-order valence-electron chi connectivity index (χ2n) is 5.85. The van der Waals surface area contributed by atoms with E-state index >= 15 is 0 Å². The van der Waals surface area contributed by atoms with Crippen LogP contribution in [-0.2, 0) is 14.8 Å². The van der Waals surface area contributed by atoms with Crippen LogP contribution in [0.3, 0.4) is 0 Å². The highest BCUT2D eigenvalue weighted by atomic mass is 32.2. The molecular weight excluding hydrogens is 338 g/mol. The van der Waals surface area contributed by atoms with E-state index in [4.69, 9.17) is 5.26 Å². The molecule has 0 aliphatic carbocycles. The maximum atomic E-state index is 12.3. The van der Waals surface area contributed by atoms with E-state index in [1.54, 1.807) is 36.4 Å². The van der Waals surface area contributed by atoms with Gasteiger partial charge in [0.1, 0.15) is 6.54 Å². The summed E-state index contributed by atoms with van der Waals surface area (Å²) in [5.41, 5.74) is 3.26. The molecule has 2 aromatic carbocycles. The molecule has 0 saturated heterocycles. The molecule has 25 heavy (non-hydrogen) atoms. The van der Waals surface area contributed by atoms with Crippen molar-refractivity contribution >= 4 is 27.3 Å². The topological polar surface area (TPSA) is 90.3 Å². The van der Waals surface area contributed by atoms with Gasteiger partial charge in [-0.3, -0.25) is 9.10 Å². The number of sulfonamides is 1. The van der Waals surface area contributed by atoms with Crippen LogP contribution in [-0.4, -0.2) is 27.1 Å². The largest absolute Gasteiger partial charge is 0.325 e. The zero-order valence-corrected chi connectivity index (χ0v) is 15.1. The number of anilines is 2. The third-order valence-electron chi connectivity index (χ3n) is 3.48. The Bertz CT molecular complexity index is 909. The van der Waals surface area contributed by atoms with Crippen LogP contribution in [0.25, 0.3) is 0 Å². The zero-order valence-electron chi connectivity index (χ0n) is 14.3. The zero-order chi connectivity index (χ0) is 18.6. The summed E-state index contributed by atoms with van der Waals surface area (Å²) in [4.78, 5) is 12.3. The Morgan fingerprint density at radius 2 is 1.68 bits per heavy atom. The lowest BCUT2D eigenvalue weighted by molar-refractivity contribution is -0.114. The van der Waals surface area contributed by atoms with Gasteiger partial charge >= 0.3 is 0 Å². The molecule has 1 amide bonds. The summed E-state index contributed by atoms with van der Waals surface area (Å²) >= 11 is 0. The first kappa shape index (κ1) is 18.5. The third-order valence-corrected chi connectivity index (χ3v) is 4.62. The van der Waals surface area contributed by atoms with Crippen molar-refractivity contribution in [3.05, 3.63) is 59.2 Å². The number of carbonyl (C=O) groups is 1. The number of nitrogens with zero attached hydrogens (tertiary/aromatic N) is 2. The second kappa shape index (κ2) is 7.36. The fourth-order valence-corrected chi connectivity index (χ4v) is 3.29. The maximum absolute atomic E-state index is 12.3. The van der Waals surface area contributed by atoms with Crippen molar-refractivity contribution in [3.8, 4) is 6.07 Å². The Balaban J connectivity index is 2.22. The molecule has 0 bridgehead atoms. The van der Waals surface area contributed by atoms with Crippen LogP contribution < -0.4 is 9.62 Å². The van der Waals surface area contributed by atoms with Gasteiger partial charge in [-0.25, -0.2) is 8.42 Å². The molecule has 2 rings (SSSR count). The van der Waals surface area contributed by atoms with E-state index in [1.807, 2.05) is 26.0 Å². The molecule has 7 heteroatoms. The smallest absolute Gasteiger partial charge is 0.245 e. The van der Waals surface area contributed by atoms with E-state index in [9.17, 15) is 13.2 Å². The van der Waals surface area contributed by atoms with Crippen molar-refractivity contribution in [3.63, 3.8) is 0 Å². The molecule has 1 N–H and O–H groups in total. The van der Waals surface area contributed by atoms with Crippen LogP contribution in [0, 0.1) is 25.2 Å². The minimum Gasteiger partial charge on any atom is -0.325 e. The van der Waals surface area contributed by atoms with E-state index in [0.29, 0.717) is 16.9 Å². The predicted molar refractivity (Wildman–Crippen MR) is 97.9 cm³/mol. The Morgan fingerprint density at radius 1 is 1.12 bits per heavy atom. The number of carbonyl (C=O) groups excluding carboxylic acids is 1. The molecule has 0 saturated carbocycles. The normalized spacial score (nSPS) is 10.8. The predicted octanol–water partition coefficient (Wildman–Crippen LogP) is 2.58. The summed E-state index contributed by atoms with van der Waals surface area (Å²) in [6.07, 6.45) is 1.07. The van der Waals surface area contributed by atoms with Gasteiger partial charge in [0, 0.05) is 5.69 Å².